The minimum atomic E-state index is -0.578. The van der Waals surface area contributed by atoms with Gasteiger partial charge in [-0.05, 0) is 56.4 Å². The molecule has 2 aromatic carbocycles. The molecule has 1 fully saturated rings. The number of rotatable bonds is 14. The van der Waals surface area contributed by atoms with Gasteiger partial charge in [-0.1, -0.05) is 43.7 Å². The summed E-state index contributed by atoms with van der Waals surface area (Å²) in [5.74, 6) is 0.868. The molecule has 1 saturated carbocycles. The summed E-state index contributed by atoms with van der Waals surface area (Å²) in [6, 6.07) is 16.1. The second kappa shape index (κ2) is 12.3. The minimum Gasteiger partial charge on any atom is -0.435 e. The Bertz CT molecular complexity index is 1070. The first kappa shape index (κ1) is 25.4. The number of para-hydroxylation sites is 2. The standard InChI is InChI=1S/C28H36FN3O3/c1-3-4-16-34-20-24(33)18-31(17-22-14-15-22)19-25-21(2)30-32(23-10-6-5-7-11-23)28(25)35-27-13-9-8-12-26(27)29/h5-13,22,24,33H,3-4,14-20H2,1-2H3/t24-/m0/s1. The van der Waals surface area contributed by atoms with Gasteiger partial charge in [-0.25, -0.2) is 9.07 Å². The third-order valence-electron chi connectivity index (χ3n) is 6.20. The second-order valence-electron chi connectivity index (χ2n) is 9.37. The maximum atomic E-state index is 14.5. The third-order valence-corrected chi connectivity index (χ3v) is 6.20. The highest BCUT2D eigenvalue weighted by Gasteiger charge is 2.28. The maximum absolute atomic E-state index is 14.5. The van der Waals surface area contributed by atoms with Gasteiger partial charge in [0.2, 0.25) is 5.88 Å². The number of unbranched alkanes of at least 4 members (excludes halogenated alkanes) is 1. The molecule has 0 unspecified atom stereocenters. The van der Waals surface area contributed by atoms with E-state index >= 15 is 0 Å². The van der Waals surface area contributed by atoms with Gasteiger partial charge in [-0.15, -0.1) is 0 Å². The molecule has 6 nitrogen and oxygen atoms in total. The monoisotopic (exact) mass is 481 g/mol. The number of hydrogen-bond donors (Lipinski definition) is 1. The fourth-order valence-corrected chi connectivity index (χ4v) is 4.11. The van der Waals surface area contributed by atoms with Gasteiger partial charge in [-0.2, -0.15) is 5.10 Å². The summed E-state index contributed by atoms with van der Waals surface area (Å²) in [6.45, 7) is 6.99. The van der Waals surface area contributed by atoms with E-state index in [9.17, 15) is 9.50 Å². The zero-order valence-corrected chi connectivity index (χ0v) is 20.7. The molecule has 0 bridgehead atoms. The lowest BCUT2D eigenvalue weighted by Crippen LogP contribution is -2.36. The van der Waals surface area contributed by atoms with Crippen molar-refractivity contribution in [3.05, 3.63) is 71.7 Å². The topological polar surface area (TPSA) is 59.8 Å². The van der Waals surface area contributed by atoms with Crippen molar-refractivity contribution in [3.63, 3.8) is 0 Å². The van der Waals surface area contributed by atoms with E-state index in [0.717, 1.165) is 36.3 Å². The number of halogens is 1. The van der Waals surface area contributed by atoms with E-state index in [0.29, 0.717) is 38.1 Å². The zero-order chi connectivity index (χ0) is 24.6. The maximum Gasteiger partial charge on any atom is 0.227 e. The van der Waals surface area contributed by atoms with Crippen LogP contribution in [0.4, 0.5) is 4.39 Å². The predicted octanol–water partition coefficient (Wildman–Crippen LogP) is 5.50. The molecular formula is C28H36FN3O3. The lowest BCUT2D eigenvalue weighted by molar-refractivity contribution is 0.0134. The molecule has 1 aliphatic carbocycles. The number of ether oxygens (including phenoxy) is 2. The van der Waals surface area contributed by atoms with Crippen LogP contribution in [0.1, 0.15) is 43.9 Å². The van der Waals surface area contributed by atoms with Gasteiger partial charge in [0.15, 0.2) is 11.6 Å². The normalized spacial score (nSPS) is 14.4. The first-order valence-electron chi connectivity index (χ1n) is 12.6. The second-order valence-corrected chi connectivity index (χ2v) is 9.37. The van der Waals surface area contributed by atoms with Crippen molar-refractivity contribution in [3.8, 4) is 17.3 Å². The summed E-state index contributed by atoms with van der Waals surface area (Å²) in [5.41, 5.74) is 2.54. The van der Waals surface area contributed by atoms with Gasteiger partial charge >= 0.3 is 0 Å². The molecule has 1 N–H and O–H groups in total. The van der Waals surface area contributed by atoms with E-state index in [1.165, 1.54) is 18.9 Å². The third kappa shape index (κ3) is 7.13. The van der Waals surface area contributed by atoms with Crippen LogP contribution in [0.15, 0.2) is 54.6 Å². The van der Waals surface area contributed by atoms with Crippen molar-refractivity contribution in [2.24, 2.45) is 5.92 Å². The molecular weight excluding hydrogens is 445 g/mol. The fraction of sp³-hybridized carbons (Fsp3) is 0.464. The van der Waals surface area contributed by atoms with Crippen LogP contribution in [-0.2, 0) is 11.3 Å². The van der Waals surface area contributed by atoms with E-state index in [2.05, 4.69) is 11.8 Å². The van der Waals surface area contributed by atoms with Crippen LogP contribution in [-0.4, -0.2) is 52.2 Å². The van der Waals surface area contributed by atoms with Gasteiger partial charge in [-0.3, -0.25) is 4.90 Å². The van der Waals surface area contributed by atoms with Gasteiger partial charge in [0.25, 0.3) is 0 Å². The first-order valence-corrected chi connectivity index (χ1v) is 12.6. The predicted molar refractivity (Wildman–Crippen MR) is 135 cm³/mol. The molecule has 3 aromatic rings. The highest BCUT2D eigenvalue weighted by Crippen LogP contribution is 2.34. The minimum absolute atomic E-state index is 0.156. The summed E-state index contributed by atoms with van der Waals surface area (Å²) in [5, 5.41) is 15.4. The number of nitrogens with zero attached hydrogens (tertiary/aromatic N) is 3. The number of benzene rings is 2. The van der Waals surface area contributed by atoms with Crippen LogP contribution < -0.4 is 4.74 Å². The number of aromatic nitrogens is 2. The largest absolute Gasteiger partial charge is 0.435 e. The highest BCUT2D eigenvalue weighted by atomic mass is 19.1. The molecule has 1 heterocycles. The van der Waals surface area contributed by atoms with Crippen LogP contribution >= 0.6 is 0 Å². The average molecular weight is 482 g/mol. The number of aliphatic hydroxyl groups is 1. The molecule has 1 aromatic heterocycles. The van der Waals surface area contributed by atoms with E-state index in [4.69, 9.17) is 14.6 Å². The molecule has 1 atom stereocenters. The smallest absolute Gasteiger partial charge is 0.227 e. The van der Waals surface area contributed by atoms with E-state index in [-0.39, 0.29) is 5.75 Å². The summed E-state index contributed by atoms with van der Waals surface area (Å²) in [6.07, 6.45) is 3.90. The highest BCUT2D eigenvalue weighted by molar-refractivity contribution is 5.43. The van der Waals surface area contributed by atoms with Crippen LogP contribution in [0, 0.1) is 18.7 Å². The number of aliphatic hydroxyl groups excluding tert-OH is 1. The SMILES string of the molecule is CCCCOC[C@@H](O)CN(Cc1c(C)nn(-c2ccccc2)c1Oc1ccccc1F)CC1CC1. The molecule has 0 spiro atoms. The summed E-state index contributed by atoms with van der Waals surface area (Å²) < 4.78 is 28.1. The molecule has 1 aliphatic rings. The molecule has 0 radical (unpaired) electrons. The van der Waals surface area contributed by atoms with Crippen molar-refractivity contribution in [1.82, 2.24) is 14.7 Å². The Balaban J connectivity index is 1.59. The lowest BCUT2D eigenvalue weighted by Gasteiger charge is -2.25. The van der Waals surface area contributed by atoms with E-state index in [1.807, 2.05) is 37.3 Å². The fourth-order valence-electron chi connectivity index (χ4n) is 4.11. The molecule has 35 heavy (non-hydrogen) atoms. The zero-order valence-electron chi connectivity index (χ0n) is 20.7. The summed E-state index contributed by atoms with van der Waals surface area (Å²) >= 11 is 0. The van der Waals surface area contributed by atoms with Crippen molar-refractivity contribution >= 4 is 0 Å². The Labute approximate surface area is 207 Å². The average Bonchev–Trinajstić information content (AvgIpc) is 3.62. The van der Waals surface area contributed by atoms with Gasteiger partial charge < -0.3 is 14.6 Å². The Kier molecular flexibility index (Phi) is 8.90. The molecule has 188 valence electrons. The van der Waals surface area contributed by atoms with E-state index in [1.54, 1.807) is 22.9 Å². The first-order chi connectivity index (χ1) is 17.0. The van der Waals surface area contributed by atoms with Crippen molar-refractivity contribution in [2.45, 2.75) is 52.2 Å². The van der Waals surface area contributed by atoms with Crippen LogP contribution in [0.2, 0.25) is 0 Å². The number of aryl methyl sites for hydroxylation is 1. The lowest BCUT2D eigenvalue weighted by atomic mass is 10.2. The van der Waals surface area contributed by atoms with E-state index < -0.39 is 11.9 Å². The Morgan fingerprint density at radius 1 is 1.14 bits per heavy atom. The Morgan fingerprint density at radius 2 is 1.89 bits per heavy atom. The van der Waals surface area contributed by atoms with Gasteiger partial charge in [0.1, 0.15) is 0 Å². The van der Waals surface area contributed by atoms with Crippen LogP contribution in [0.5, 0.6) is 11.6 Å². The Hall–Kier alpha value is -2.74. The molecule has 0 amide bonds. The van der Waals surface area contributed by atoms with Crippen LogP contribution in [0.3, 0.4) is 0 Å². The molecule has 0 saturated heterocycles. The van der Waals surface area contributed by atoms with Crippen molar-refractivity contribution < 1.29 is 19.0 Å². The van der Waals surface area contributed by atoms with Crippen LogP contribution in [0.25, 0.3) is 5.69 Å². The Morgan fingerprint density at radius 3 is 2.60 bits per heavy atom. The quantitative estimate of drug-likeness (QED) is 0.308. The summed E-state index contributed by atoms with van der Waals surface area (Å²) in [4.78, 5) is 2.25. The van der Waals surface area contributed by atoms with Gasteiger partial charge in [0, 0.05) is 26.2 Å². The number of hydrogen-bond acceptors (Lipinski definition) is 5. The summed E-state index contributed by atoms with van der Waals surface area (Å²) in [7, 11) is 0. The molecule has 7 heteroatoms. The van der Waals surface area contributed by atoms with Crippen molar-refractivity contribution in [1.29, 1.82) is 0 Å². The van der Waals surface area contributed by atoms with Crippen molar-refractivity contribution in [2.75, 3.05) is 26.3 Å². The molecule has 0 aliphatic heterocycles. The molecule has 4 rings (SSSR count). The van der Waals surface area contributed by atoms with Gasteiger partial charge in [0.05, 0.1) is 29.7 Å².